The first-order chi connectivity index (χ1) is 23.3. The van der Waals surface area contributed by atoms with E-state index in [9.17, 15) is 9.18 Å². The van der Waals surface area contributed by atoms with E-state index in [2.05, 4.69) is 11.5 Å². The lowest BCUT2D eigenvalue weighted by molar-refractivity contribution is -0.126. The lowest BCUT2D eigenvalue weighted by atomic mass is 9.91. The summed E-state index contributed by atoms with van der Waals surface area (Å²) in [6.45, 7) is 6.31. The minimum atomic E-state index is -0.759. The van der Waals surface area contributed by atoms with Crippen molar-refractivity contribution in [3.05, 3.63) is 101 Å². The van der Waals surface area contributed by atoms with Gasteiger partial charge >= 0.3 is 0 Å². The fourth-order valence-electron chi connectivity index (χ4n) is 5.93. The molecule has 5 aromatic rings. The summed E-state index contributed by atoms with van der Waals surface area (Å²) in [6, 6.07) is 17.9. The predicted octanol–water partition coefficient (Wildman–Crippen LogP) is 7.61. The predicted molar refractivity (Wildman–Crippen MR) is 187 cm³/mol. The monoisotopic (exact) mass is 669 g/mol. The zero-order chi connectivity index (χ0) is 33.8. The second kappa shape index (κ2) is 14.6. The van der Waals surface area contributed by atoms with Crippen molar-refractivity contribution in [3.8, 4) is 45.1 Å². The molecule has 6 rings (SSSR count). The van der Waals surface area contributed by atoms with Gasteiger partial charge < -0.3 is 24.0 Å². The van der Waals surface area contributed by atoms with Crippen LogP contribution < -0.4 is 9.47 Å². The number of hydrogen-bond acceptors (Lipinski definition) is 7. The van der Waals surface area contributed by atoms with Gasteiger partial charge in [-0.05, 0) is 67.4 Å². The molecule has 0 saturated heterocycles. The van der Waals surface area contributed by atoms with Gasteiger partial charge in [0.05, 0.1) is 23.6 Å². The van der Waals surface area contributed by atoms with E-state index in [-0.39, 0.29) is 30.4 Å². The summed E-state index contributed by atoms with van der Waals surface area (Å²) in [5.41, 5.74) is 5.51. The van der Waals surface area contributed by atoms with Gasteiger partial charge in [-0.3, -0.25) is 4.79 Å². The van der Waals surface area contributed by atoms with Crippen molar-refractivity contribution in [2.45, 2.75) is 13.0 Å². The molecule has 0 fully saturated rings. The smallest absolute Gasteiger partial charge is 0.246 e. The maximum Gasteiger partial charge on any atom is 0.246 e. The summed E-state index contributed by atoms with van der Waals surface area (Å²) in [4.78, 5) is 21.6. The number of carbonyl (C=O) groups excluding carboxylic acids is 1. The lowest BCUT2D eigenvalue weighted by Crippen LogP contribution is -2.34. The quantitative estimate of drug-likeness (QED) is 0.101. The maximum atomic E-state index is 16.1. The van der Waals surface area contributed by atoms with Crippen molar-refractivity contribution >= 4 is 27.3 Å². The number of rotatable bonds is 12. The van der Waals surface area contributed by atoms with Gasteiger partial charge in [0, 0.05) is 65.7 Å². The Kier molecular flexibility index (Phi) is 10.1. The number of benzene rings is 3. The number of fused-ring (bicyclic) bond motifs is 2. The SMILES string of the molecule is C=CC(=O)N1CCc2ccc(-c3nc(-c4cccc(OCCN(C)C)c4)c4ccsc4c3-c3c(F)cc(F)cc3OCCOC)cc2C1. The van der Waals surface area contributed by atoms with Crippen LogP contribution in [0.4, 0.5) is 8.78 Å². The van der Waals surface area contributed by atoms with Crippen LogP contribution >= 0.6 is 11.3 Å². The molecule has 0 N–H and O–H groups in total. The number of nitrogens with zero attached hydrogens (tertiary/aromatic N) is 3. The molecule has 248 valence electrons. The summed E-state index contributed by atoms with van der Waals surface area (Å²) in [7, 11) is 5.52. The molecule has 0 atom stereocenters. The number of ether oxygens (including phenoxy) is 3. The maximum absolute atomic E-state index is 16.1. The van der Waals surface area contributed by atoms with Crippen LogP contribution in [0.3, 0.4) is 0 Å². The molecule has 0 unspecified atom stereocenters. The number of pyridine rings is 1. The van der Waals surface area contributed by atoms with E-state index in [1.165, 1.54) is 30.6 Å². The third-order valence-corrected chi connectivity index (χ3v) is 9.25. The fraction of sp³-hybridized carbons (Fsp3) is 0.263. The van der Waals surface area contributed by atoms with Gasteiger partial charge in [-0.25, -0.2) is 13.8 Å². The standard InChI is InChI=1S/C38H37F2N3O4S/c1-5-33(44)43-13-11-24-9-10-26(19-27(24)23-43)37-35(34-31(40)21-28(39)22-32(34)47-17-16-45-4)38-30(12-18-48-38)36(41-37)25-7-6-8-29(20-25)46-15-14-42(2)3/h5-10,12,18-22H,1,11,13-17,23H2,2-4H3. The summed E-state index contributed by atoms with van der Waals surface area (Å²) in [6.07, 6.45) is 2.03. The number of halogens is 2. The van der Waals surface area contributed by atoms with E-state index in [1.54, 1.807) is 4.90 Å². The van der Waals surface area contributed by atoms with E-state index >= 15 is 4.39 Å². The van der Waals surface area contributed by atoms with Gasteiger partial charge in [0.2, 0.25) is 5.91 Å². The van der Waals surface area contributed by atoms with Crippen LogP contribution in [0.25, 0.3) is 43.7 Å². The lowest BCUT2D eigenvalue weighted by Gasteiger charge is -2.28. The average Bonchev–Trinajstić information content (AvgIpc) is 3.57. The largest absolute Gasteiger partial charge is 0.492 e. The molecule has 1 amide bonds. The molecule has 3 aromatic carbocycles. The molecule has 10 heteroatoms. The highest BCUT2D eigenvalue weighted by Gasteiger charge is 2.27. The molecule has 0 radical (unpaired) electrons. The highest BCUT2D eigenvalue weighted by Crippen LogP contribution is 2.47. The molecule has 1 aliphatic rings. The molecule has 0 bridgehead atoms. The van der Waals surface area contributed by atoms with Crippen LogP contribution in [0.5, 0.6) is 11.5 Å². The summed E-state index contributed by atoms with van der Waals surface area (Å²) in [5, 5.41) is 2.76. The molecule has 2 aromatic heterocycles. The number of methoxy groups -OCH3 is 1. The summed E-state index contributed by atoms with van der Waals surface area (Å²) < 4.78 is 48.7. The normalized spacial score (nSPS) is 12.8. The van der Waals surface area contributed by atoms with Crippen molar-refractivity contribution in [3.63, 3.8) is 0 Å². The first kappa shape index (κ1) is 33.3. The Balaban J connectivity index is 1.57. The number of hydrogen-bond donors (Lipinski definition) is 0. The van der Waals surface area contributed by atoms with Crippen LogP contribution in [0, 0.1) is 11.6 Å². The van der Waals surface area contributed by atoms with Crippen molar-refractivity contribution in [2.75, 3.05) is 54.1 Å². The molecule has 1 aliphatic heterocycles. The minimum Gasteiger partial charge on any atom is -0.492 e. The molecule has 7 nitrogen and oxygen atoms in total. The Bertz CT molecular complexity index is 1980. The first-order valence-corrected chi connectivity index (χ1v) is 16.6. The highest BCUT2D eigenvalue weighted by atomic mass is 32.1. The van der Waals surface area contributed by atoms with Gasteiger partial charge in [0.25, 0.3) is 0 Å². The number of aromatic nitrogens is 1. The van der Waals surface area contributed by atoms with Crippen LogP contribution in [0.1, 0.15) is 11.1 Å². The van der Waals surface area contributed by atoms with Gasteiger partial charge in [0.15, 0.2) is 0 Å². The highest BCUT2D eigenvalue weighted by molar-refractivity contribution is 7.18. The summed E-state index contributed by atoms with van der Waals surface area (Å²) in [5.74, 6) is -0.864. The van der Waals surface area contributed by atoms with E-state index in [1.807, 2.05) is 68.0 Å². The minimum absolute atomic E-state index is 0.0621. The number of thiophene rings is 1. The first-order valence-electron chi connectivity index (χ1n) is 15.7. The van der Waals surface area contributed by atoms with Crippen LogP contribution in [0.15, 0.2) is 78.7 Å². The Labute approximate surface area is 283 Å². The molecule has 3 heterocycles. The van der Waals surface area contributed by atoms with E-state index < -0.39 is 11.6 Å². The fourth-order valence-corrected chi connectivity index (χ4v) is 6.88. The van der Waals surface area contributed by atoms with Crippen molar-refractivity contribution in [1.82, 2.24) is 14.8 Å². The number of amides is 1. The third-order valence-electron chi connectivity index (χ3n) is 8.31. The zero-order valence-electron chi connectivity index (χ0n) is 27.2. The van der Waals surface area contributed by atoms with E-state index in [4.69, 9.17) is 19.2 Å². The van der Waals surface area contributed by atoms with Crippen LogP contribution in [-0.4, -0.2) is 74.8 Å². The molecular formula is C38H37F2N3O4S. The van der Waals surface area contributed by atoms with Gasteiger partial charge in [0.1, 0.15) is 36.3 Å². The van der Waals surface area contributed by atoms with Crippen molar-refractivity contribution < 1.29 is 27.8 Å². The van der Waals surface area contributed by atoms with E-state index in [0.29, 0.717) is 48.8 Å². The topological polar surface area (TPSA) is 64.1 Å². The number of likely N-dealkylation sites (N-methyl/N-ethyl adjacent to an activating group) is 1. The number of carbonyl (C=O) groups is 1. The van der Waals surface area contributed by atoms with Crippen LogP contribution in [0.2, 0.25) is 0 Å². The van der Waals surface area contributed by atoms with Crippen molar-refractivity contribution in [2.24, 2.45) is 0 Å². The van der Waals surface area contributed by atoms with Gasteiger partial charge in [-0.15, -0.1) is 11.3 Å². The molecular weight excluding hydrogens is 632 g/mol. The van der Waals surface area contributed by atoms with Crippen LogP contribution in [-0.2, 0) is 22.5 Å². The molecule has 0 saturated carbocycles. The average molecular weight is 670 g/mol. The molecule has 48 heavy (non-hydrogen) atoms. The Hall–Kier alpha value is -4.64. The van der Waals surface area contributed by atoms with E-state index in [0.717, 1.165) is 45.0 Å². The second-order valence-electron chi connectivity index (χ2n) is 11.8. The van der Waals surface area contributed by atoms with Gasteiger partial charge in [-0.1, -0.05) is 30.8 Å². The third kappa shape index (κ3) is 6.96. The van der Waals surface area contributed by atoms with Crippen molar-refractivity contribution in [1.29, 1.82) is 0 Å². The Morgan fingerprint density at radius 1 is 0.979 bits per heavy atom. The molecule has 0 aliphatic carbocycles. The zero-order valence-corrected chi connectivity index (χ0v) is 28.0. The molecule has 0 spiro atoms. The van der Waals surface area contributed by atoms with Gasteiger partial charge in [-0.2, -0.15) is 0 Å². The Morgan fingerprint density at radius 3 is 2.60 bits per heavy atom. The summed E-state index contributed by atoms with van der Waals surface area (Å²) >= 11 is 1.45. The second-order valence-corrected chi connectivity index (χ2v) is 12.7. The Morgan fingerprint density at radius 2 is 1.81 bits per heavy atom.